The molecule has 0 amide bonds. The highest BCUT2D eigenvalue weighted by atomic mass is 16.5. The molecule has 5 heteroatoms. The zero-order valence-corrected chi connectivity index (χ0v) is 16.9. The zero-order valence-electron chi connectivity index (χ0n) is 16.9. The Morgan fingerprint density at radius 3 is 2.18 bits per heavy atom. The maximum atomic E-state index is 12.4. The van der Waals surface area contributed by atoms with E-state index < -0.39 is 11.4 Å². The molecule has 2 aromatic rings. The summed E-state index contributed by atoms with van der Waals surface area (Å²) in [5.41, 5.74) is 5.63. The van der Waals surface area contributed by atoms with Gasteiger partial charge in [-0.3, -0.25) is 10.2 Å². The molecule has 1 N–H and O–H groups in total. The minimum absolute atomic E-state index is 0.00978. The molecule has 0 aliphatic rings. The lowest BCUT2D eigenvalue weighted by Crippen LogP contribution is -2.24. The molecule has 0 aromatic heterocycles. The number of hydrogen-bond donors (Lipinski definition) is 1. The summed E-state index contributed by atoms with van der Waals surface area (Å²) in [6.45, 7) is 7.35. The normalized spacial score (nSPS) is 12.5. The molecule has 0 atom stereocenters. The minimum atomic E-state index is -0.654. The van der Waals surface area contributed by atoms with Crippen molar-refractivity contribution in [2.45, 2.75) is 27.7 Å². The number of hydrogen-bond acceptors (Lipinski definition) is 5. The first-order valence-electron chi connectivity index (χ1n) is 9.03. The third-order valence-electron chi connectivity index (χ3n) is 4.16. The summed E-state index contributed by atoms with van der Waals surface area (Å²) >= 11 is 0. The molecule has 0 aliphatic carbocycles. The average Bonchev–Trinajstić information content (AvgIpc) is 2.67. The summed E-state index contributed by atoms with van der Waals surface area (Å²) in [7, 11) is 1.27. The van der Waals surface area contributed by atoms with Gasteiger partial charge in [-0.2, -0.15) is 5.10 Å². The number of ether oxygens (including phenoxy) is 1. The van der Waals surface area contributed by atoms with E-state index in [0.717, 1.165) is 16.7 Å². The fraction of sp³-hybridized carbons (Fsp3) is 0.261. The van der Waals surface area contributed by atoms with E-state index in [4.69, 9.17) is 4.74 Å². The first kappa shape index (κ1) is 21.1. The summed E-state index contributed by atoms with van der Waals surface area (Å²) in [4.78, 5) is 24.5. The van der Waals surface area contributed by atoms with E-state index in [0.29, 0.717) is 5.71 Å². The third kappa shape index (κ3) is 5.39. The monoisotopic (exact) mass is 378 g/mol. The van der Waals surface area contributed by atoms with Gasteiger partial charge in [-0.05, 0) is 12.5 Å². The second-order valence-corrected chi connectivity index (χ2v) is 7.42. The number of hydrazone groups is 1. The van der Waals surface area contributed by atoms with Crippen LogP contribution in [-0.2, 0) is 14.3 Å². The molecular weight excluding hydrogens is 352 g/mol. The lowest BCUT2D eigenvalue weighted by Gasteiger charge is -2.15. The van der Waals surface area contributed by atoms with Gasteiger partial charge in [0.2, 0.25) is 0 Å². The summed E-state index contributed by atoms with van der Waals surface area (Å²) in [5, 5.41) is 4.47. The van der Waals surface area contributed by atoms with Crippen molar-refractivity contribution in [3.05, 3.63) is 83.1 Å². The first-order valence-corrected chi connectivity index (χ1v) is 9.03. The molecule has 2 rings (SSSR count). The van der Waals surface area contributed by atoms with Gasteiger partial charge < -0.3 is 4.74 Å². The molecule has 0 saturated carbocycles. The van der Waals surface area contributed by atoms with Gasteiger partial charge in [0.25, 0.3) is 0 Å². The maximum absolute atomic E-state index is 12.4. The highest BCUT2D eigenvalue weighted by Crippen LogP contribution is 2.17. The fourth-order valence-corrected chi connectivity index (χ4v) is 2.43. The van der Waals surface area contributed by atoms with Crippen LogP contribution < -0.4 is 5.43 Å². The van der Waals surface area contributed by atoms with Crippen molar-refractivity contribution in [3.63, 3.8) is 0 Å². The van der Waals surface area contributed by atoms with Gasteiger partial charge in [0.05, 0.1) is 12.8 Å². The molecule has 28 heavy (non-hydrogen) atoms. The van der Waals surface area contributed by atoms with Crippen molar-refractivity contribution in [1.29, 1.82) is 0 Å². The van der Waals surface area contributed by atoms with E-state index in [9.17, 15) is 9.59 Å². The van der Waals surface area contributed by atoms with Gasteiger partial charge >= 0.3 is 5.97 Å². The van der Waals surface area contributed by atoms with E-state index >= 15 is 0 Å². The van der Waals surface area contributed by atoms with Gasteiger partial charge in [-0.25, -0.2) is 4.79 Å². The van der Waals surface area contributed by atoms with Crippen LogP contribution in [0.5, 0.6) is 0 Å². The molecule has 0 spiro atoms. The molecule has 146 valence electrons. The summed E-state index contributed by atoms with van der Waals surface area (Å²) in [6.07, 6.45) is 1.25. The largest absolute Gasteiger partial charge is 0.464 e. The van der Waals surface area contributed by atoms with Crippen LogP contribution in [0.25, 0.3) is 0 Å². The predicted octanol–water partition coefficient (Wildman–Crippen LogP) is 4.01. The van der Waals surface area contributed by atoms with Crippen LogP contribution in [0, 0.1) is 12.3 Å². The predicted molar refractivity (Wildman–Crippen MR) is 111 cm³/mol. The lowest BCUT2D eigenvalue weighted by atomic mass is 9.90. The summed E-state index contributed by atoms with van der Waals surface area (Å²) in [5.74, 6) is -0.855. The third-order valence-corrected chi connectivity index (χ3v) is 4.16. The summed E-state index contributed by atoms with van der Waals surface area (Å²) < 4.78 is 4.80. The van der Waals surface area contributed by atoms with Crippen LogP contribution in [0.4, 0.5) is 0 Å². The van der Waals surface area contributed by atoms with Crippen LogP contribution in [0.3, 0.4) is 0 Å². The van der Waals surface area contributed by atoms with Crippen molar-refractivity contribution >= 4 is 17.5 Å². The Kier molecular flexibility index (Phi) is 6.88. The molecule has 0 aliphatic heterocycles. The summed E-state index contributed by atoms with van der Waals surface area (Å²) in [6, 6.07) is 17.5. The smallest absolute Gasteiger partial charge is 0.356 e. The van der Waals surface area contributed by atoms with E-state index in [1.54, 1.807) is 20.8 Å². The molecule has 5 nitrogen and oxygen atoms in total. The number of aryl methyl sites for hydroxylation is 1. The minimum Gasteiger partial charge on any atom is -0.464 e. The van der Waals surface area contributed by atoms with Crippen LogP contribution in [-0.4, -0.2) is 24.6 Å². The lowest BCUT2D eigenvalue weighted by molar-refractivity contribution is -0.137. The van der Waals surface area contributed by atoms with Crippen molar-refractivity contribution in [3.8, 4) is 0 Å². The number of rotatable bonds is 6. The van der Waals surface area contributed by atoms with Crippen molar-refractivity contribution in [2.24, 2.45) is 10.5 Å². The number of methoxy groups -OCH3 is 1. The van der Waals surface area contributed by atoms with E-state index in [-0.39, 0.29) is 11.5 Å². The number of carbonyl (C=O) groups excluding carboxylic acids is 2. The second-order valence-electron chi connectivity index (χ2n) is 7.42. The Morgan fingerprint density at radius 2 is 1.61 bits per heavy atom. The molecule has 0 heterocycles. The number of allylic oxidation sites excluding steroid dienone is 1. The van der Waals surface area contributed by atoms with Crippen LogP contribution >= 0.6 is 0 Å². The Morgan fingerprint density at radius 1 is 1.00 bits per heavy atom. The highest BCUT2D eigenvalue weighted by molar-refractivity contribution is 6.13. The first-order chi connectivity index (χ1) is 13.2. The second kappa shape index (κ2) is 9.13. The topological polar surface area (TPSA) is 67.8 Å². The van der Waals surface area contributed by atoms with Gasteiger partial charge in [-0.15, -0.1) is 0 Å². The number of carbonyl (C=O) groups is 2. The molecule has 0 saturated heterocycles. The number of nitrogens with one attached hydrogen (secondary N) is 1. The Bertz CT molecular complexity index is 907. The number of esters is 1. The Hall–Kier alpha value is -3.21. The molecule has 2 aromatic carbocycles. The molecular formula is C23H26N2O3. The average molecular weight is 378 g/mol. The Labute approximate surface area is 166 Å². The van der Waals surface area contributed by atoms with Crippen LogP contribution in [0.15, 0.2) is 71.5 Å². The molecule has 0 fully saturated rings. The zero-order chi connectivity index (χ0) is 20.7. The molecule has 0 unspecified atom stereocenters. The van der Waals surface area contributed by atoms with Crippen molar-refractivity contribution < 1.29 is 14.3 Å². The number of nitrogens with zero attached hydrogens (tertiary/aromatic N) is 1. The van der Waals surface area contributed by atoms with Gasteiger partial charge in [-0.1, -0.05) is 75.4 Å². The van der Waals surface area contributed by atoms with E-state index in [1.165, 1.54) is 13.2 Å². The number of ketones is 1. The van der Waals surface area contributed by atoms with Crippen LogP contribution in [0.2, 0.25) is 0 Å². The van der Waals surface area contributed by atoms with Crippen molar-refractivity contribution in [1.82, 2.24) is 5.43 Å². The van der Waals surface area contributed by atoms with Gasteiger partial charge in [0.15, 0.2) is 5.78 Å². The highest BCUT2D eigenvalue weighted by Gasteiger charge is 2.22. The fourth-order valence-electron chi connectivity index (χ4n) is 2.43. The van der Waals surface area contributed by atoms with Gasteiger partial charge in [0, 0.05) is 22.6 Å². The van der Waals surface area contributed by atoms with Crippen molar-refractivity contribution in [2.75, 3.05) is 7.11 Å². The quantitative estimate of drug-likeness (QED) is 0.357. The van der Waals surface area contributed by atoms with Gasteiger partial charge in [0.1, 0.15) is 5.70 Å². The molecule has 0 radical (unpaired) electrons. The maximum Gasteiger partial charge on any atom is 0.356 e. The molecule has 0 bridgehead atoms. The number of benzene rings is 2. The van der Waals surface area contributed by atoms with E-state index in [2.05, 4.69) is 10.5 Å². The van der Waals surface area contributed by atoms with E-state index in [1.807, 2.05) is 61.5 Å². The van der Waals surface area contributed by atoms with Crippen LogP contribution in [0.1, 0.15) is 37.5 Å². The Balaban J connectivity index is 2.50. The SMILES string of the molecule is COC(=O)C(=CC(=O)C(C)(C)C)NN=C(c1ccccc1)c1ccccc1C. The standard InChI is InChI=1S/C23H26N2O3/c1-16-11-9-10-14-18(16)21(17-12-7-6-8-13-17)25-24-19(22(27)28-5)15-20(26)23(2,3)4/h6-15,24H,1-5H3.